The topological polar surface area (TPSA) is 164 Å². The molecule has 1 spiro atoms. The molecule has 1 aromatic carbocycles. The van der Waals surface area contributed by atoms with E-state index in [1.54, 1.807) is 7.11 Å². The zero-order valence-electron chi connectivity index (χ0n) is 39.7. The number of amides is 3. The number of fused-ring (bicyclic) bond motifs is 6. The fraction of sp³-hybridized carbons (Fsp3) is 0.608. The number of aryl methyl sites for hydroxylation is 1. The Hall–Kier alpha value is -4.74. The minimum atomic E-state index is -0.927. The van der Waals surface area contributed by atoms with Crippen LogP contribution in [-0.4, -0.2) is 130 Å². The molecule has 5 aliphatic heterocycles. The van der Waals surface area contributed by atoms with Gasteiger partial charge in [0.1, 0.15) is 12.1 Å². The monoisotopic (exact) mass is 934 g/mol. The van der Waals surface area contributed by atoms with Crippen LogP contribution in [0.2, 0.25) is 0 Å². The molecule has 4 aromatic rings. The molecule has 10 rings (SSSR count). The Morgan fingerprint density at radius 1 is 1.06 bits per heavy atom. The lowest BCUT2D eigenvalue weighted by molar-refractivity contribution is -0.155. The second-order valence-corrected chi connectivity index (χ2v) is 21.8. The third-order valence-corrected chi connectivity index (χ3v) is 16.4. The smallest absolute Gasteiger partial charge is 0.324 e. The number of esters is 1. The molecule has 15 nitrogen and oxygen atoms in total. The number of hydrogen-bond acceptors (Lipinski definition) is 12. The Morgan fingerprint density at radius 2 is 1.87 bits per heavy atom. The number of rotatable bonds is 9. The Balaban J connectivity index is 0.993. The molecule has 2 N–H and O–H groups in total. The number of benzene rings is 1. The lowest BCUT2D eigenvalue weighted by atomic mass is 9.84. The zero-order valence-corrected chi connectivity index (χ0v) is 40.5. The number of hydrazine groups is 1. The largest absolute Gasteiger partial charge is 0.464 e. The summed E-state index contributed by atoms with van der Waals surface area (Å²) >= 11 is 1.49. The van der Waals surface area contributed by atoms with E-state index in [9.17, 15) is 19.2 Å². The lowest BCUT2D eigenvalue weighted by Crippen LogP contribution is -2.62. The van der Waals surface area contributed by atoms with Gasteiger partial charge in [-0.2, -0.15) is 0 Å². The quantitative estimate of drug-likeness (QED) is 0.148. The van der Waals surface area contributed by atoms with Gasteiger partial charge in [0.25, 0.3) is 11.8 Å². The van der Waals surface area contributed by atoms with E-state index in [1.807, 2.05) is 29.5 Å². The average Bonchev–Trinajstić information content (AvgIpc) is 3.79. The van der Waals surface area contributed by atoms with Crippen molar-refractivity contribution in [2.24, 2.45) is 16.7 Å². The molecule has 16 heteroatoms. The van der Waals surface area contributed by atoms with Crippen LogP contribution in [0.3, 0.4) is 0 Å². The highest BCUT2D eigenvalue weighted by Gasteiger charge is 2.51. The highest BCUT2D eigenvalue weighted by molar-refractivity contribution is 7.10. The number of pyridine rings is 1. The van der Waals surface area contributed by atoms with Gasteiger partial charge >= 0.3 is 5.97 Å². The molecule has 0 unspecified atom stereocenters. The van der Waals surface area contributed by atoms with Crippen molar-refractivity contribution >= 4 is 45.9 Å². The molecule has 67 heavy (non-hydrogen) atoms. The second kappa shape index (κ2) is 18.6. The molecule has 1 saturated carbocycles. The highest BCUT2D eigenvalue weighted by Crippen LogP contribution is 2.44. The van der Waals surface area contributed by atoms with Crippen molar-refractivity contribution in [3.05, 3.63) is 58.2 Å². The van der Waals surface area contributed by atoms with E-state index in [0.717, 1.165) is 114 Å². The first-order chi connectivity index (χ1) is 32.3. The van der Waals surface area contributed by atoms with Gasteiger partial charge in [-0.05, 0) is 101 Å². The summed E-state index contributed by atoms with van der Waals surface area (Å²) < 4.78 is 19.7. The maximum atomic E-state index is 15.0. The molecule has 3 amide bonds. The van der Waals surface area contributed by atoms with Crippen LogP contribution < -0.4 is 10.7 Å². The van der Waals surface area contributed by atoms with Gasteiger partial charge in [-0.25, -0.2) is 10.4 Å². The fourth-order valence-electron chi connectivity index (χ4n) is 11.8. The number of ether oxygens (including phenoxy) is 3. The molecule has 6 atom stereocenters. The number of epoxide rings is 1. The van der Waals surface area contributed by atoms with Gasteiger partial charge in [0.05, 0.1) is 47.4 Å². The second-order valence-electron chi connectivity index (χ2n) is 20.8. The van der Waals surface area contributed by atoms with E-state index < -0.39 is 29.5 Å². The molecule has 6 bridgehead atoms. The Bertz CT molecular complexity index is 2530. The molecule has 1 aliphatic carbocycles. The summed E-state index contributed by atoms with van der Waals surface area (Å²) in [5.41, 5.74) is 9.61. The summed E-state index contributed by atoms with van der Waals surface area (Å²) in [5.74, 6) is -0.582. The van der Waals surface area contributed by atoms with Crippen LogP contribution in [0.4, 0.5) is 0 Å². The average molecular weight is 935 g/mol. The zero-order chi connectivity index (χ0) is 46.6. The first kappa shape index (κ1) is 46.0. The third-order valence-electron chi connectivity index (χ3n) is 15.5. The van der Waals surface area contributed by atoms with E-state index in [1.165, 1.54) is 16.3 Å². The number of likely N-dealkylation sites (tertiary alicyclic amines) is 2. The number of carbonyl (C=O) groups is 4. The predicted molar refractivity (Wildman–Crippen MR) is 255 cm³/mol. The molecule has 3 aromatic heterocycles. The standard InChI is InChI=1S/C51H66N8O7S/c1-6-58-40-16-15-33-23-35(40)36(45(58)34-13-9-19-52-43(34)31(2)64-5)25-50(3,4)30-66-49(63)37-14-10-20-59(55-37)47(61)38(24-42-53-39(33)27-67-42)54-46(60)44(32-11-7-8-12-32)56-21-17-51(28-56)18-22-57(29-51)48(62)41-26-65-41/h9,13,15-16,19,23,27,31-32,37-38,41,44,55H,6-8,10-12,14,17-18,20-22,24-26,28-30H2,1-5H3,(H,54,60)/t31-,37-,38-,41+,44-,51-/m0/s1. The minimum Gasteiger partial charge on any atom is -0.464 e. The molecule has 4 saturated heterocycles. The van der Waals surface area contributed by atoms with Crippen molar-refractivity contribution < 1.29 is 33.4 Å². The highest BCUT2D eigenvalue weighted by atomic mass is 32.1. The van der Waals surface area contributed by atoms with E-state index in [2.05, 4.69) is 65.2 Å². The van der Waals surface area contributed by atoms with Crippen LogP contribution in [0.25, 0.3) is 33.4 Å². The molecule has 0 radical (unpaired) electrons. The molecule has 5 fully saturated rings. The number of methoxy groups -OCH3 is 1. The van der Waals surface area contributed by atoms with Crippen LogP contribution in [0, 0.1) is 16.7 Å². The van der Waals surface area contributed by atoms with E-state index in [-0.39, 0.29) is 54.3 Å². The minimum absolute atomic E-state index is 0.0555. The molecular weight excluding hydrogens is 869 g/mol. The summed E-state index contributed by atoms with van der Waals surface area (Å²) in [7, 11) is 1.70. The molecule has 8 heterocycles. The van der Waals surface area contributed by atoms with Gasteiger partial charge in [-0.15, -0.1) is 11.3 Å². The van der Waals surface area contributed by atoms with Crippen molar-refractivity contribution in [1.29, 1.82) is 0 Å². The Kier molecular flexibility index (Phi) is 12.8. The van der Waals surface area contributed by atoms with Crippen molar-refractivity contribution in [3.63, 3.8) is 0 Å². The first-order valence-corrected chi connectivity index (χ1v) is 25.5. The van der Waals surface area contributed by atoms with E-state index in [0.29, 0.717) is 39.0 Å². The van der Waals surface area contributed by atoms with Crippen LogP contribution in [0.1, 0.15) is 101 Å². The Morgan fingerprint density at radius 3 is 2.64 bits per heavy atom. The number of thiazole rings is 1. The lowest BCUT2D eigenvalue weighted by Gasteiger charge is -2.37. The van der Waals surface area contributed by atoms with Crippen molar-refractivity contribution in [2.45, 2.75) is 129 Å². The molecule has 358 valence electrons. The number of hydrogen-bond donors (Lipinski definition) is 2. The number of nitrogens with one attached hydrogen (secondary N) is 2. The summed E-state index contributed by atoms with van der Waals surface area (Å²) in [6.45, 7) is 13.1. The van der Waals surface area contributed by atoms with E-state index in [4.69, 9.17) is 24.2 Å². The van der Waals surface area contributed by atoms with Crippen molar-refractivity contribution in [2.75, 3.05) is 53.0 Å². The first-order valence-electron chi connectivity index (χ1n) is 24.6. The van der Waals surface area contributed by atoms with Crippen LogP contribution >= 0.6 is 11.3 Å². The van der Waals surface area contributed by atoms with Crippen molar-refractivity contribution in [3.8, 4) is 22.5 Å². The number of carbonyl (C=O) groups excluding carboxylic acids is 4. The van der Waals surface area contributed by atoms with Gasteiger partial charge in [0.2, 0.25) is 5.91 Å². The summed E-state index contributed by atoms with van der Waals surface area (Å²) in [4.78, 5) is 71.1. The van der Waals surface area contributed by atoms with Crippen molar-refractivity contribution in [1.82, 2.24) is 40.1 Å². The van der Waals surface area contributed by atoms with Gasteiger partial charge in [-0.3, -0.25) is 34.1 Å². The number of aromatic nitrogens is 3. The fourth-order valence-corrected chi connectivity index (χ4v) is 12.7. The molecule has 6 aliphatic rings. The van der Waals surface area contributed by atoms with Crippen LogP contribution in [0.15, 0.2) is 41.9 Å². The normalized spacial score (nSPS) is 26.8. The maximum Gasteiger partial charge on any atom is 0.324 e. The predicted octanol–water partition coefficient (Wildman–Crippen LogP) is 6.08. The molecular formula is C51H66N8O7S. The third kappa shape index (κ3) is 9.16. The van der Waals surface area contributed by atoms with Gasteiger partial charge < -0.3 is 29.0 Å². The summed E-state index contributed by atoms with van der Waals surface area (Å²) in [5, 5.41) is 8.70. The maximum absolute atomic E-state index is 15.0. The SMILES string of the molecule is CCn1c(-c2cccnc2[C@H](C)OC)c2c3cc(ccc31)-c1csc(n1)C[C@H](NC(=O)[C@H](C1CCCC1)N1CC[C@]3(CCN(C(=O)[C@H]4CO4)C3)C1)C(=O)N1CCC[C@H](N1)C(=O)OCC(C)(C)C2. The number of cyclic esters (lactones) is 1. The van der Waals surface area contributed by atoms with E-state index >= 15 is 0 Å². The summed E-state index contributed by atoms with van der Waals surface area (Å²) in [6.07, 6.45) is 9.10. The van der Waals surface area contributed by atoms with Crippen LogP contribution in [-0.2, 0) is 52.8 Å². The number of nitrogens with zero attached hydrogens (tertiary/aromatic N) is 6. The van der Waals surface area contributed by atoms with Gasteiger partial charge in [-0.1, -0.05) is 32.8 Å². The van der Waals surface area contributed by atoms with Crippen LogP contribution in [0.5, 0.6) is 0 Å². The summed E-state index contributed by atoms with van der Waals surface area (Å²) in [6, 6.07) is 8.55. The Labute approximate surface area is 397 Å². The van der Waals surface area contributed by atoms with Gasteiger partial charge in [0, 0.05) is 90.7 Å². The van der Waals surface area contributed by atoms with Gasteiger partial charge in [0.15, 0.2) is 6.10 Å².